The van der Waals surface area contributed by atoms with Crippen LogP contribution in [-0.4, -0.2) is 104 Å². The van der Waals surface area contributed by atoms with Gasteiger partial charge in [0, 0.05) is 49.1 Å². The molecule has 0 aliphatic carbocycles. The molecule has 7 rings (SSSR count). The number of hydrogen-bond acceptors (Lipinski definition) is 10. The molecule has 6 aromatic rings. The number of rotatable bonds is 5. The van der Waals surface area contributed by atoms with Crippen molar-refractivity contribution in [2.45, 2.75) is 13.1 Å². The van der Waals surface area contributed by atoms with Crippen molar-refractivity contribution < 1.29 is 81.6 Å². The Balaban J connectivity index is 0.000000250. The molecule has 1 aliphatic heterocycles. The van der Waals surface area contributed by atoms with E-state index in [1.165, 1.54) is 22.3 Å². The van der Waals surface area contributed by atoms with Gasteiger partial charge in [-0.15, -0.1) is 0 Å². The smallest absolute Gasteiger partial charge is 0.487 e. The molecule has 4 aromatic heterocycles. The van der Waals surface area contributed by atoms with Gasteiger partial charge in [0.05, 0.1) is 52.9 Å². The van der Waals surface area contributed by atoms with Crippen molar-refractivity contribution in [2.75, 3.05) is 79.3 Å². The highest BCUT2D eigenvalue weighted by Crippen LogP contribution is 2.27. The molecule has 0 N–H and O–H groups in total. The Morgan fingerprint density at radius 1 is 0.338 bits per heavy atom. The third kappa shape index (κ3) is 25.0. The predicted octanol–water partition coefficient (Wildman–Crippen LogP) is 8.67. The lowest BCUT2D eigenvalue weighted by Crippen LogP contribution is -2.43. The zero-order valence-corrected chi connectivity index (χ0v) is 37.0. The second kappa shape index (κ2) is 30.8. The Kier molecular flexibility index (Phi) is 24.6. The summed E-state index contributed by atoms with van der Waals surface area (Å²) in [5.74, 6) is 2.73. The van der Waals surface area contributed by atoms with Gasteiger partial charge in [-0.3, -0.25) is 9.97 Å². The van der Waals surface area contributed by atoms with Gasteiger partial charge in [-0.05, 0) is 70.8 Å². The van der Waals surface area contributed by atoms with Crippen molar-refractivity contribution in [3.05, 3.63) is 147 Å². The van der Waals surface area contributed by atoms with E-state index >= 15 is 0 Å². The van der Waals surface area contributed by atoms with Crippen LogP contribution in [0, 0.1) is 0 Å². The molecular formula is C46H52B2F8N4O8. The lowest BCUT2D eigenvalue weighted by molar-refractivity contribution is -0.778. The monoisotopic (exact) mass is 962 g/mol. The van der Waals surface area contributed by atoms with Crippen molar-refractivity contribution in [2.24, 2.45) is 0 Å². The number of fused-ring (bicyclic) bond motifs is 2. The number of pyridine rings is 4. The number of ether oxygens (including phenoxy) is 8. The topological polar surface area (TPSA) is 107 Å². The summed E-state index contributed by atoms with van der Waals surface area (Å²) in [5, 5.41) is 0. The van der Waals surface area contributed by atoms with Crippen LogP contribution in [0.15, 0.2) is 147 Å². The molecule has 0 atom stereocenters. The van der Waals surface area contributed by atoms with Crippen LogP contribution >= 0.6 is 0 Å². The normalized spacial score (nSPS) is 14.4. The van der Waals surface area contributed by atoms with Gasteiger partial charge in [-0.1, -0.05) is 24.3 Å². The highest BCUT2D eigenvalue weighted by Gasteiger charge is 2.21. The van der Waals surface area contributed by atoms with Crippen LogP contribution in [0.1, 0.15) is 0 Å². The molecule has 0 radical (unpaired) electrons. The lowest BCUT2D eigenvalue weighted by atomic mass is 10.1. The van der Waals surface area contributed by atoms with Crippen LogP contribution in [0.5, 0.6) is 23.0 Å². The molecule has 0 saturated carbocycles. The molecule has 0 saturated heterocycles. The van der Waals surface area contributed by atoms with Gasteiger partial charge in [-0.25, -0.2) is 0 Å². The van der Waals surface area contributed by atoms with Crippen LogP contribution in [0.25, 0.3) is 22.3 Å². The third-order valence-corrected chi connectivity index (χ3v) is 8.81. The summed E-state index contributed by atoms with van der Waals surface area (Å²) >= 11 is 0. The maximum Gasteiger partial charge on any atom is 0.673 e. The van der Waals surface area contributed by atoms with E-state index in [1.54, 1.807) is 0 Å². The lowest BCUT2D eigenvalue weighted by Gasteiger charge is -2.14. The van der Waals surface area contributed by atoms with E-state index in [0.717, 1.165) is 13.1 Å². The molecule has 1 aliphatic rings. The van der Waals surface area contributed by atoms with Crippen LogP contribution in [0.3, 0.4) is 0 Å². The van der Waals surface area contributed by atoms with Gasteiger partial charge in [0.2, 0.25) is 13.1 Å². The summed E-state index contributed by atoms with van der Waals surface area (Å²) in [5.41, 5.74) is 4.79. The van der Waals surface area contributed by atoms with Gasteiger partial charge in [0.1, 0.15) is 26.4 Å². The number of aromatic nitrogens is 4. The molecular weight excluding hydrogens is 910 g/mol. The first-order valence-corrected chi connectivity index (χ1v) is 21.4. The standard InChI is InChI=1S/C24H32O8.C22H20N4.2BF4/c1-2-6-22-21(5-1)29-17-13-25-9-10-27-15-19-31-23-7-3-4-8-24(23)32-20-16-28-12-11-26-14-18-30-22;1-9-23-10-2-19(1)21-5-13-25(14-6-21)17-18-26-15-7-22(8-16-26)20-3-11-24-12-4-20;2*2-1(3,4)5/h1-8H,9-20H2;1-16H,17-18H2;;/q;+2;2*-1. The number of para-hydroxylation sites is 4. The van der Waals surface area contributed by atoms with E-state index in [2.05, 4.69) is 68.2 Å². The van der Waals surface area contributed by atoms with E-state index < -0.39 is 14.5 Å². The summed E-state index contributed by atoms with van der Waals surface area (Å²) in [6.45, 7) is 7.33. The third-order valence-electron chi connectivity index (χ3n) is 8.81. The van der Waals surface area contributed by atoms with Crippen LogP contribution in [0.4, 0.5) is 34.5 Å². The van der Waals surface area contributed by atoms with Crippen molar-refractivity contribution in [3.8, 4) is 45.3 Å². The first kappa shape index (κ1) is 54.3. The van der Waals surface area contributed by atoms with E-state index in [1.807, 2.05) is 97.6 Å². The quantitative estimate of drug-likeness (QED) is 0.0947. The maximum atomic E-state index is 9.75. The van der Waals surface area contributed by atoms with Crippen LogP contribution in [-0.2, 0) is 32.0 Å². The van der Waals surface area contributed by atoms with E-state index in [4.69, 9.17) is 37.9 Å². The van der Waals surface area contributed by atoms with E-state index in [-0.39, 0.29) is 0 Å². The Hall–Kier alpha value is -6.35. The van der Waals surface area contributed by atoms with Crippen LogP contribution in [0.2, 0.25) is 0 Å². The first-order chi connectivity index (χ1) is 32.8. The molecule has 0 fully saturated rings. The molecule has 12 nitrogen and oxygen atoms in total. The molecule has 5 heterocycles. The van der Waals surface area contributed by atoms with Crippen molar-refractivity contribution in [3.63, 3.8) is 0 Å². The molecule has 0 bridgehead atoms. The maximum absolute atomic E-state index is 9.75. The van der Waals surface area contributed by atoms with Gasteiger partial charge >= 0.3 is 14.5 Å². The molecule has 0 amide bonds. The first-order valence-electron chi connectivity index (χ1n) is 21.4. The van der Waals surface area contributed by atoms with Crippen LogP contribution < -0.4 is 28.1 Å². The van der Waals surface area contributed by atoms with Crippen molar-refractivity contribution in [1.29, 1.82) is 0 Å². The van der Waals surface area contributed by atoms with Crippen molar-refractivity contribution >= 4 is 14.5 Å². The summed E-state index contributed by atoms with van der Waals surface area (Å²) < 4.78 is 128. The fraction of sp³-hybridized carbons (Fsp3) is 0.304. The summed E-state index contributed by atoms with van der Waals surface area (Å²) in [7, 11) is -12.0. The molecule has 366 valence electrons. The Bertz CT molecular complexity index is 2010. The Morgan fingerprint density at radius 3 is 0.809 bits per heavy atom. The average molecular weight is 963 g/mol. The van der Waals surface area contributed by atoms with Crippen molar-refractivity contribution in [1.82, 2.24) is 9.97 Å². The highest BCUT2D eigenvalue weighted by molar-refractivity contribution is 6.50. The van der Waals surface area contributed by atoms with Gasteiger partial charge in [-0.2, -0.15) is 9.13 Å². The fourth-order valence-electron chi connectivity index (χ4n) is 5.78. The van der Waals surface area contributed by atoms with Gasteiger partial charge < -0.3 is 72.4 Å². The Labute approximate surface area is 389 Å². The average Bonchev–Trinajstić information content (AvgIpc) is 3.32. The number of hydrogen-bond donors (Lipinski definition) is 0. The predicted molar refractivity (Wildman–Crippen MR) is 238 cm³/mol. The number of benzene rings is 2. The molecule has 22 heteroatoms. The minimum atomic E-state index is -6.00. The number of aryl methyl sites for hydroxylation is 2. The SMILES string of the molecule is F[B-](F)(F)F.F[B-](F)(F)F.c1cc(-c2cc[n+](CC[n+]3ccc(-c4ccncc4)cc3)cc2)ccn1.c1ccc2c(c1)OCCOCCOCCOc1ccccc1OCCOCCOCCO2. The second-order valence-corrected chi connectivity index (χ2v) is 13.8. The highest BCUT2D eigenvalue weighted by atomic mass is 19.5. The fourth-order valence-corrected chi connectivity index (χ4v) is 5.78. The molecule has 0 unspecified atom stereocenters. The molecule has 68 heavy (non-hydrogen) atoms. The minimum absolute atomic E-state index is 0.425. The Morgan fingerprint density at radius 2 is 0.559 bits per heavy atom. The summed E-state index contributed by atoms with van der Waals surface area (Å²) in [6.07, 6.45) is 15.8. The van der Waals surface area contributed by atoms with E-state index in [0.29, 0.717) is 102 Å². The summed E-state index contributed by atoms with van der Waals surface area (Å²) in [4.78, 5) is 8.13. The number of halogens is 8. The molecule has 0 spiro atoms. The second-order valence-electron chi connectivity index (χ2n) is 13.8. The zero-order chi connectivity index (χ0) is 48.7. The molecule has 2 aromatic carbocycles. The van der Waals surface area contributed by atoms with Gasteiger partial charge in [0.15, 0.2) is 47.8 Å². The van der Waals surface area contributed by atoms with Gasteiger partial charge in [0.25, 0.3) is 0 Å². The minimum Gasteiger partial charge on any atom is -0.487 e. The largest absolute Gasteiger partial charge is 0.673 e. The number of nitrogens with zero attached hydrogens (tertiary/aromatic N) is 4. The summed E-state index contributed by atoms with van der Waals surface area (Å²) in [6, 6.07) is 31.8. The zero-order valence-electron chi connectivity index (χ0n) is 37.0. The van der Waals surface area contributed by atoms with E-state index in [9.17, 15) is 34.5 Å².